The maximum Gasteiger partial charge on any atom is 0.265 e. The molecule has 1 aliphatic carbocycles. The Balaban J connectivity index is 1.82. The zero-order valence-electron chi connectivity index (χ0n) is 16.9. The number of rotatable bonds is 1. The van der Waals surface area contributed by atoms with E-state index >= 15 is 0 Å². The van der Waals surface area contributed by atoms with Crippen molar-refractivity contribution in [2.75, 3.05) is 4.72 Å². The molecule has 10 heteroatoms. The van der Waals surface area contributed by atoms with Crippen molar-refractivity contribution < 1.29 is 27.1 Å². The molecule has 1 aliphatic heterocycles. The number of carbonyl (C=O) groups is 1. The van der Waals surface area contributed by atoms with Crippen molar-refractivity contribution in [3.8, 4) is 16.9 Å². The minimum absolute atomic E-state index is 0.0298. The lowest BCUT2D eigenvalue weighted by Crippen LogP contribution is -2.30. The van der Waals surface area contributed by atoms with E-state index in [1.165, 1.54) is 0 Å². The number of amides is 1. The number of benzene rings is 3. The molecule has 33 heavy (non-hydrogen) atoms. The van der Waals surface area contributed by atoms with Crippen LogP contribution in [0.3, 0.4) is 0 Å². The van der Waals surface area contributed by atoms with Gasteiger partial charge in [-0.25, -0.2) is 17.2 Å². The summed E-state index contributed by atoms with van der Waals surface area (Å²) in [6, 6.07) is 10.1. The third-order valence-corrected chi connectivity index (χ3v) is 7.51. The van der Waals surface area contributed by atoms with Gasteiger partial charge in [-0.1, -0.05) is 35.9 Å². The lowest BCUT2D eigenvalue weighted by Gasteiger charge is -2.22. The Morgan fingerprint density at radius 3 is 2.45 bits per heavy atom. The Bertz CT molecular complexity index is 1420. The van der Waals surface area contributed by atoms with Crippen LogP contribution >= 0.6 is 11.6 Å². The number of phenols is 1. The standard InChI is InChI=1S/C23H17ClF2N2O4S/c24-16-7-12-8-20(22(16)29)33(31,32)28-19-9-15(17(25)10-18(19)26)13-3-1-2-4-14(13)21(11-5-6-11)27-23(12)30/h1-4,7-11,21,28-29H,5-6H2,(H,27,30)/t21-/m1/s1. The predicted molar refractivity (Wildman–Crippen MR) is 119 cm³/mol. The second-order valence-electron chi connectivity index (χ2n) is 8.10. The van der Waals surface area contributed by atoms with Gasteiger partial charge in [0.1, 0.15) is 16.5 Å². The summed E-state index contributed by atoms with van der Waals surface area (Å²) >= 11 is 6.01. The fourth-order valence-corrected chi connectivity index (χ4v) is 5.54. The highest BCUT2D eigenvalue weighted by Crippen LogP contribution is 2.45. The quantitative estimate of drug-likeness (QED) is 0.448. The normalized spacial score (nSPS) is 19.2. The SMILES string of the molecule is O=C1N[C@H](C2CC2)c2ccccc2-c2cc(c(F)cc2F)NS(=O)(=O)c2cc1cc(Cl)c2O. The molecular formula is C23H17ClF2N2O4S. The number of halogens is 3. The summed E-state index contributed by atoms with van der Waals surface area (Å²) in [6.07, 6.45) is 1.68. The van der Waals surface area contributed by atoms with Crippen molar-refractivity contribution >= 4 is 33.2 Å². The van der Waals surface area contributed by atoms with Gasteiger partial charge in [-0.15, -0.1) is 0 Å². The molecule has 4 bridgehead atoms. The van der Waals surface area contributed by atoms with Crippen LogP contribution in [0.5, 0.6) is 5.75 Å². The fourth-order valence-electron chi connectivity index (χ4n) is 4.06. The molecule has 0 radical (unpaired) electrons. The lowest BCUT2D eigenvalue weighted by molar-refractivity contribution is 0.0931. The van der Waals surface area contributed by atoms with Crippen molar-refractivity contribution in [3.05, 3.63) is 76.3 Å². The molecule has 1 amide bonds. The van der Waals surface area contributed by atoms with Crippen molar-refractivity contribution in [1.29, 1.82) is 0 Å². The number of hydrogen-bond acceptors (Lipinski definition) is 4. The Morgan fingerprint density at radius 1 is 1.00 bits per heavy atom. The molecule has 3 N–H and O–H groups in total. The van der Waals surface area contributed by atoms with E-state index in [0.29, 0.717) is 17.2 Å². The minimum atomic E-state index is -4.59. The molecule has 1 saturated carbocycles. The number of hydrogen-bond donors (Lipinski definition) is 3. The van der Waals surface area contributed by atoms with Crippen molar-refractivity contribution in [2.24, 2.45) is 5.92 Å². The summed E-state index contributed by atoms with van der Waals surface area (Å²) in [6.45, 7) is 0. The van der Waals surface area contributed by atoms with Gasteiger partial charge in [0.15, 0.2) is 5.75 Å². The molecule has 1 atom stereocenters. The van der Waals surface area contributed by atoms with Crippen molar-refractivity contribution in [1.82, 2.24) is 5.32 Å². The van der Waals surface area contributed by atoms with Gasteiger partial charge in [0, 0.05) is 17.2 Å². The fraction of sp³-hybridized carbons (Fsp3) is 0.174. The number of sulfonamides is 1. The summed E-state index contributed by atoms with van der Waals surface area (Å²) in [5, 5.41) is 12.8. The monoisotopic (exact) mass is 490 g/mol. The molecule has 5 rings (SSSR count). The number of aromatic hydroxyl groups is 1. The van der Waals surface area contributed by atoms with E-state index in [9.17, 15) is 27.1 Å². The lowest BCUT2D eigenvalue weighted by atomic mass is 9.91. The molecule has 3 aromatic rings. The number of fused-ring (bicyclic) bond motifs is 6. The Hall–Kier alpha value is -3.17. The van der Waals surface area contributed by atoms with Crippen LogP contribution < -0.4 is 10.0 Å². The summed E-state index contributed by atoms with van der Waals surface area (Å²) in [5.74, 6) is -3.33. The van der Waals surface area contributed by atoms with E-state index in [-0.39, 0.29) is 22.1 Å². The largest absolute Gasteiger partial charge is 0.505 e. The number of nitrogens with one attached hydrogen (secondary N) is 2. The smallest absolute Gasteiger partial charge is 0.265 e. The predicted octanol–water partition coefficient (Wildman–Crippen LogP) is 4.99. The number of phenolic OH excluding ortho intramolecular Hbond substituents is 1. The first-order valence-corrected chi connectivity index (χ1v) is 12.0. The molecule has 0 unspecified atom stereocenters. The van der Waals surface area contributed by atoms with Gasteiger partial charge in [0.25, 0.3) is 15.9 Å². The summed E-state index contributed by atoms with van der Waals surface area (Å²) in [7, 11) is -4.59. The van der Waals surface area contributed by atoms with E-state index in [0.717, 1.165) is 31.0 Å². The first kappa shape index (κ1) is 21.7. The maximum atomic E-state index is 14.9. The highest BCUT2D eigenvalue weighted by Gasteiger charge is 2.36. The molecule has 6 nitrogen and oxygen atoms in total. The third-order valence-electron chi connectivity index (χ3n) is 5.85. The topological polar surface area (TPSA) is 95.5 Å². The first-order chi connectivity index (χ1) is 15.7. The van der Waals surface area contributed by atoms with Gasteiger partial charge in [-0.3, -0.25) is 9.52 Å². The van der Waals surface area contributed by atoms with Crippen LogP contribution in [-0.2, 0) is 10.0 Å². The Labute approximate surface area is 193 Å². The van der Waals surface area contributed by atoms with E-state index in [2.05, 4.69) is 5.32 Å². The molecule has 0 saturated heterocycles. The second kappa shape index (κ2) is 7.71. The zero-order chi connectivity index (χ0) is 23.5. The van der Waals surface area contributed by atoms with Crippen LogP contribution in [0.25, 0.3) is 11.1 Å². The van der Waals surface area contributed by atoms with Crippen LogP contribution in [0.1, 0.15) is 34.8 Å². The van der Waals surface area contributed by atoms with Crippen LogP contribution in [0.15, 0.2) is 53.4 Å². The maximum absolute atomic E-state index is 14.9. The van der Waals surface area contributed by atoms with Crippen LogP contribution in [0.2, 0.25) is 5.02 Å². The average molecular weight is 491 g/mol. The van der Waals surface area contributed by atoms with Crippen LogP contribution in [0, 0.1) is 17.6 Å². The summed E-state index contributed by atoms with van der Waals surface area (Å²) in [5.41, 5.74) is 0.386. The van der Waals surface area contributed by atoms with Gasteiger partial charge in [-0.2, -0.15) is 0 Å². The van der Waals surface area contributed by atoms with Crippen molar-refractivity contribution in [2.45, 2.75) is 23.8 Å². The van der Waals surface area contributed by atoms with Gasteiger partial charge in [-0.05, 0) is 48.1 Å². The van der Waals surface area contributed by atoms with Gasteiger partial charge in [0.05, 0.1) is 16.8 Å². The highest BCUT2D eigenvalue weighted by atomic mass is 35.5. The molecule has 3 aromatic carbocycles. The first-order valence-electron chi connectivity index (χ1n) is 10.1. The van der Waals surface area contributed by atoms with E-state index in [4.69, 9.17) is 11.6 Å². The number of carbonyl (C=O) groups excluding carboxylic acids is 1. The van der Waals surface area contributed by atoms with E-state index < -0.39 is 49.9 Å². The number of anilines is 1. The molecule has 0 spiro atoms. The Morgan fingerprint density at radius 2 is 1.73 bits per heavy atom. The van der Waals surface area contributed by atoms with Crippen LogP contribution in [0.4, 0.5) is 14.5 Å². The van der Waals surface area contributed by atoms with Crippen molar-refractivity contribution in [3.63, 3.8) is 0 Å². The van der Waals surface area contributed by atoms with E-state index in [1.807, 2.05) is 4.72 Å². The molecule has 2 aliphatic rings. The van der Waals surface area contributed by atoms with E-state index in [1.54, 1.807) is 24.3 Å². The van der Waals surface area contributed by atoms with Gasteiger partial charge < -0.3 is 10.4 Å². The van der Waals surface area contributed by atoms with Gasteiger partial charge >= 0.3 is 0 Å². The molecule has 170 valence electrons. The third kappa shape index (κ3) is 3.81. The average Bonchev–Trinajstić information content (AvgIpc) is 3.60. The molecule has 0 aromatic heterocycles. The molecule has 1 fully saturated rings. The zero-order valence-corrected chi connectivity index (χ0v) is 18.5. The molecule has 1 heterocycles. The van der Waals surface area contributed by atoms with Gasteiger partial charge in [0.2, 0.25) is 0 Å². The minimum Gasteiger partial charge on any atom is -0.505 e. The second-order valence-corrected chi connectivity index (χ2v) is 10.2. The summed E-state index contributed by atoms with van der Waals surface area (Å²) in [4.78, 5) is 12.4. The highest BCUT2D eigenvalue weighted by molar-refractivity contribution is 7.92. The molecular weight excluding hydrogens is 474 g/mol. The Kier molecular flexibility index (Phi) is 5.06. The summed E-state index contributed by atoms with van der Waals surface area (Å²) < 4.78 is 57.5. The van der Waals surface area contributed by atoms with Crippen LogP contribution in [-0.4, -0.2) is 19.4 Å².